The van der Waals surface area contributed by atoms with E-state index < -0.39 is 29.7 Å². The van der Waals surface area contributed by atoms with Crippen LogP contribution in [0, 0.1) is 0 Å². The van der Waals surface area contributed by atoms with Gasteiger partial charge in [0, 0.05) is 55.9 Å². The quantitative estimate of drug-likeness (QED) is 0.468. The van der Waals surface area contributed by atoms with Crippen molar-refractivity contribution in [2.45, 2.75) is 44.3 Å². The Morgan fingerprint density at radius 1 is 0.974 bits per heavy atom. The number of hydrogen-bond acceptors (Lipinski definition) is 9. The SMILES string of the molecule is O=C1CCC(N2C(=O)c3cccc(NCc4cnn(C5CCN(c6ncccn6)CC5)c4)c3C2=O)C(=O)N1. The number of rotatable bonds is 6. The van der Waals surface area contributed by atoms with E-state index in [0.29, 0.717) is 12.2 Å². The Hall–Kier alpha value is -4.61. The lowest BCUT2D eigenvalue weighted by atomic mass is 10.0. The molecule has 0 radical (unpaired) electrons. The smallest absolute Gasteiger partial charge is 0.264 e. The molecule has 2 aromatic heterocycles. The van der Waals surface area contributed by atoms with Gasteiger partial charge in [-0.3, -0.25) is 34.1 Å². The van der Waals surface area contributed by atoms with Gasteiger partial charge >= 0.3 is 0 Å². The Bertz CT molecular complexity index is 1410. The number of hydrogen-bond donors (Lipinski definition) is 2. The van der Waals surface area contributed by atoms with Gasteiger partial charge in [-0.1, -0.05) is 6.07 Å². The molecule has 0 aliphatic carbocycles. The predicted octanol–water partition coefficient (Wildman–Crippen LogP) is 1.53. The number of carbonyl (C=O) groups excluding carboxylic acids is 4. The molecule has 0 saturated carbocycles. The van der Waals surface area contributed by atoms with Gasteiger partial charge in [0.15, 0.2) is 0 Å². The van der Waals surface area contributed by atoms with Crippen molar-refractivity contribution in [2.24, 2.45) is 0 Å². The number of benzene rings is 1. The highest BCUT2D eigenvalue weighted by atomic mass is 16.2. The van der Waals surface area contributed by atoms with E-state index in [1.165, 1.54) is 0 Å². The van der Waals surface area contributed by atoms with Crippen molar-refractivity contribution in [3.63, 3.8) is 0 Å². The van der Waals surface area contributed by atoms with E-state index in [-0.39, 0.29) is 30.0 Å². The molecule has 4 amide bonds. The van der Waals surface area contributed by atoms with Crippen molar-refractivity contribution in [1.82, 2.24) is 30.0 Å². The number of imide groups is 2. The molecule has 1 unspecified atom stereocenters. The van der Waals surface area contributed by atoms with Crippen LogP contribution in [0.3, 0.4) is 0 Å². The summed E-state index contributed by atoms with van der Waals surface area (Å²) in [4.78, 5) is 62.0. The van der Waals surface area contributed by atoms with E-state index in [0.717, 1.165) is 42.3 Å². The molecule has 38 heavy (non-hydrogen) atoms. The minimum Gasteiger partial charge on any atom is -0.380 e. The zero-order valence-corrected chi connectivity index (χ0v) is 20.5. The third-order valence-electron chi connectivity index (χ3n) is 7.28. The van der Waals surface area contributed by atoms with Crippen LogP contribution in [0.15, 0.2) is 49.1 Å². The van der Waals surface area contributed by atoms with Gasteiger partial charge in [0.25, 0.3) is 11.8 Å². The molecule has 1 atom stereocenters. The Morgan fingerprint density at radius 3 is 2.53 bits per heavy atom. The number of anilines is 2. The van der Waals surface area contributed by atoms with E-state index in [1.807, 2.05) is 10.9 Å². The maximum atomic E-state index is 13.3. The summed E-state index contributed by atoms with van der Waals surface area (Å²) in [6.45, 7) is 2.10. The second kappa shape index (κ2) is 9.69. The van der Waals surface area contributed by atoms with Crippen LogP contribution in [0.4, 0.5) is 11.6 Å². The van der Waals surface area contributed by atoms with Crippen LogP contribution < -0.4 is 15.5 Å². The molecule has 3 aromatic rings. The molecule has 12 heteroatoms. The molecule has 6 rings (SSSR count). The van der Waals surface area contributed by atoms with E-state index in [1.54, 1.807) is 42.9 Å². The van der Waals surface area contributed by atoms with E-state index in [9.17, 15) is 19.2 Å². The maximum Gasteiger partial charge on any atom is 0.264 e. The number of piperidine rings is 2. The topological polar surface area (TPSA) is 142 Å². The van der Waals surface area contributed by atoms with Crippen molar-refractivity contribution in [1.29, 1.82) is 0 Å². The second-order valence-corrected chi connectivity index (χ2v) is 9.62. The van der Waals surface area contributed by atoms with Crippen molar-refractivity contribution in [3.8, 4) is 0 Å². The molecule has 0 bridgehead atoms. The molecule has 12 nitrogen and oxygen atoms in total. The number of nitrogens with one attached hydrogen (secondary N) is 2. The minimum atomic E-state index is -0.994. The average Bonchev–Trinajstić information content (AvgIpc) is 3.51. The van der Waals surface area contributed by atoms with Gasteiger partial charge in [0.2, 0.25) is 17.8 Å². The van der Waals surface area contributed by atoms with Crippen LogP contribution in [-0.2, 0) is 16.1 Å². The van der Waals surface area contributed by atoms with Crippen molar-refractivity contribution in [2.75, 3.05) is 23.3 Å². The molecule has 1 aromatic carbocycles. The summed E-state index contributed by atoms with van der Waals surface area (Å²) in [5.74, 6) is -1.34. The molecule has 194 valence electrons. The number of fused-ring (bicyclic) bond motifs is 1. The molecule has 3 aliphatic heterocycles. The van der Waals surface area contributed by atoms with Gasteiger partial charge in [0.1, 0.15) is 6.04 Å². The summed E-state index contributed by atoms with van der Waals surface area (Å²) < 4.78 is 1.98. The first-order valence-electron chi connectivity index (χ1n) is 12.6. The van der Waals surface area contributed by atoms with Gasteiger partial charge in [-0.25, -0.2) is 9.97 Å². The lowest BCUT2D eigenvalue weighted by Crippen LogP contribution is -2.54. The molecular weight excluding hydrogens is 488 g/mol. The molecule has 2 fully saturated rings. The van der Waals surface area contributed by atoms with Crippen LogP contribution in [0.2, 0.25) is 0 Å². The normalized spacial score (nSPS) is 20.1. The van der Waals surface area contributed by atoms with Crippen molar-refractivity contribution >= 4 is 35.3 Å². The van der Waals surface area contributed by atoms with E-state index in [2.05, 4.69) is 30.6 Å². The third kappa shape index (κ3) is 4.27. The highest BCUT2D eigenvalue weighted by Crippen LogP contribution is 2.32. The molecular formula is C26H26N8O4. The Balaban J connectivity index is 1.11. The van der Waals surface area contributed by atoms with E-state index >= 15 is 0 Å². The highest BCUT2D eigenvalue weighted by molar-refractivity contribution is 6.25. The molecule has 2 saturated heterocycles. The Kier molecular flexibility index (Phi) is 6.06. The lowest BCUT2D eigenvalue weighted by Gasteiger charge is -2.31. The minimum absolute atomic E-state index is 0.0813. The fraction of sp³-hybridized carbons (Fsp3) is 0.346. The zero-order valence-electron chi connectivity index (χ0n) is 20.5. The van der Waals surface area contributed by atoms with Crippen molar-refractivity contribution in [3.05, 3.63) is 65.7 Å². The van der Waals surface area contributed by atoms with Gasteiger partial charge in [0.05, 0.1) is 23.4 Å². The molecule has 0 spiro atoms. The first kappa shape index (κ1) is 23.8. The van der Waals surface area contributed by atoms with Gasteiger partial charge in [-0.05, 0) is 37.5 Å². The third-order valence-corrected chi connectivity index (χ3v) is 7.28. The summed E-state index contributed by atoms with van der Waals surface area (Å²) in [6.07, 6.45) is 9.34. The largest absolute Gasteiger partial charge is 0.380 e. The van der Waals surface area contributed by atoms with Crippen LogP contribution in [0.5, 0.6) is 0 Å². The van der Waals surface area contributed by atoms with E-state index in [4.69, 9.17) is 0 Å². The number of aromatic nitrogens is 4. The van der Waals surface area contributed by atoms with Gasteiger partial charge in [-0.2, -0.15) is 5.10 Å². The predicted molar refractivity (Wildman–Crippen MR) is 135 cm³/mol. The average molecular weight is 515 g/mol. The zero-order chi connectivity index (χ0) is 26.2. The monoisotopic (exact) mass is 514 g/mol. The van der Waals surface area contributed by atoms with Crippen LogP contribution >= 0.6 is 0 Å². The number of amides is 4. The molecule has 5 heterocycles. The van der Waals surface area contributed by atoms with Crippen LogP contribution in [0.1, 0.15) is 58.0 Å². The van der Waals surface area contributed by atoms with Crippen molar-refractivity contribution < 1.29 is 19.2 Å². The lowest BCUT2D eigenvalue weighted by molar-refractivity contribution is -0.136. The maximum absolute atomic E-state index is 13.3. The molecule has 2 N–H and O–H groups in total. The summed E-state index contributed by atoms with van der Waals surface area (Å²) in [7, 11) is 0. The summed E-state index contributed by atoms with van der Waals surface area (Å²) in [6, 6.07) is 6.11. The first-order chi connectivity index (χ1) is 18.5. The van der Waals surface area contributed by atoms with Crippen LogP contribution in [0.25, 0.3) is 0 Å². The fourth-order valence-electron chi connectivity index (χ4n) is 5.31. The van der Waals surface area contributed by atoms with Gasteiger partial charge in [-0.15, -0.1) is 0 Å². The number of nitrogens with zero attached hydrogens (tertiary/aromatic N) is 6. The van der Waals surface area contributed by atoms with Gasteiger partial charge < -0.3 is 10.2 Å². The Labute approximate surface area is 218 Å². The second-order valence-electron chi connectivity index (χ2n) is 9.62. The summed E-state index contributed by atoms with van der Waals surface area (Å²) in [5, 5.41) is 10.0. The summed E-state index contributed by atoms with van der Waals surface area (Å²) in [5.41, 5.74) is 1.94. The standard InChI is InChI=1S/C26H26N8O4/c35-21-6-5-20(23(36)31-21)34-24(37)18-3-1-4-19(22(18)25(34)38)29-13-16-14-30-33(15-16)17-7-11-32(12-8-17)26-27-9-2-10-28-26/h1-4,9-10,14-15,17,20,29H,5-8,11-13H2,(H,31,35,36). The first-order valence-corrected chi connectivity index (χ1v) is 12.6. The number of carbonyl (C=O) groups is 4. The molecule has 3 aliphatic rings. The fourth-order valence-corrected chi connectivity index (χ4v) is 5.31. The highest BCUT2D eigenvalue weighted by Gasteiger charge is 2.45. The Morgan fingerprint density at radius 2 is 1.76 bits per heavy atom. The van der Waals surface area contributed by atoms with Crippen LogP contribution in [-0.4, -0.2) is 67.4 Å². The summed E-state index contributed by atoms with van der Waals surface area (Å²) >= 11 is 0.